The molecule has 1 aliphatic carbocycles. The van der Waals surface area contributed by atoms with Crippen LogP contribution in [0, 0.1) is 0 Å². The maximum atomic E-state index is 12.0. The number of rotatable bonds is 5. The predicted molar refractivity (Wildman–Crippen MR) is 95.3 cm³/mol. The molecule has 1 fully saturated rings. The largest absolute Gasteiger partial charge is 0.371 e. The first-order valence-electron chi connectivity index (χ1n) is 7.91. The standard InChI is InChI=1S/C17H21BrN4O/c18-10-13-11-20-22-15(13)12-5-4-6-14(9-12)21-17(16(19)23)7-2-1-3-8-17/h4-6,9,11,21H,1-3,7-8,10H2,(H2,19,23)(H,20,22). The maximum absolute atomic E-state index is 12.0. The summed E-state index contributed by atoms with van der Waals surface area (Å²) in [6.45, 7) is 0. The summed E-state index contributed by atoms with van der Waals surface area (Å²) in [6, 6.07) is 8.03. The summed E-state index contributed by atoms with van der Waals surface area (Å²) in [7, 11) is 0. The van der Waals surface area contributed by atoms with Gasteiger partial charge in [-0.3, -0.25) is 9.89 Å². The van der Waals surface area contributed by atoms with Crippen molar-refractivity contribution >= 4 is 27.5 Å². The number of halogens is 1. The lowest BCUT2D eigenvalue weighted by molar-refractivity contribution is -0.123. The molecule has 4 N–H and O–H groups in total. The van der Waals surface area contributed by atoms with Crippen molar-refractivity contribution in [3.05, 3.63) is 36.0 Å². The quantitative estimate of drug-likeness (QED) is 0.697. The van der Waals surface area contributed by atoms with Crippen LogP contribution in [0.3, 0.4) is 0 Å². The van der Waals surface area contributed by atoms with Crippen molar-refractivity contribution in [1.29, 1.82) is 0 Å². The third-order valence-electron chi connectivity index (χ3n) is 4.58. The number of primary amides is 1. The zero-order chi connectivity index (χ0) is 16.3. The number of carbonyl (C=O) groups excluding carboxylic acids is 1. The molecule has 1 aromatic carbocycles. The van der Waals surface area contributed by atoms with Gasteiger partial charge in [0.05, 0.1) is 11.9 Å². The van der Waals surface area contributed by atoms with Gasteiger partial charge in [0.2, 0.25) is 5.91 Å². The molecule has 0 aliphatic heterocycles. The van der Waals surface area contributed by atoms with Crippen molar-refractivity contribution in [3.8, 4) is 11.3 Å². The maximum Gasteiger partial charge on any atom is 0.243 e. The van der Waals surface area contributed by atoms with Crippen LogP contribution >= 0.6 is 15.9 Å². The Kier molecular flexibility index (Phi) is 4.71. The molecule has 1 saturated carbocycles. The average Bonchev–Trinajstić information content (AvgIpc) is 3.04. The SMILES string of the molecule is NC(=O)C1(Nc2cccc(-c3[nH]ncc3CBr)c2)CCCCC1. The Labute approximate surface area is 144 Å². The second kappa shape index (κ2) is 6.74. The molecule has 5 nitrogen and oxygen atoms in total. The minimum absolute atomic E-state index is 0.259. The van der Waals surface area contributed by atoms with E-state index in [-0.39, 0.29) is 5.91 Å². The van der Waals surface area contributed by atoms with E-state index in [0.717, 1.165) is 53.5 Å². The molecule has 1 heterocycles. The van der Waals surface area contributed by atoms with E-state index in [1.54, 1.807) is 0 Å². The summed E-state index contributed by atoms with van der Waals surface area (Å²) in [4.78, 5) is 12.0. The third-order valence-corrected chi connectivity index (χ3v) is 5.18. The Balaban J connectivity index is 1.89. The topological polar surface area (TPSA) is 83.8 Å². The lowest BCUT2D eigenvalue weighted by Crippen LogP contribution is -2.51. The lowest BCUT2D eigenvalue weighted by Gasteiger charge is -2.36. The minimum atomic E-state index is -0.622. The molecule has 2 aromatic rings. The highest BCUT2D eigenvalue weighted by Gasteiger charge is 2.37. The van der Waals surface area contributed by atoms with E-state index in [1.807, 2.05) is 30.5 Å². The smallest absolute Gasteiger partial charge is 0.243 e. The van der Waals surface area contributed by atoms with E-state index in [9.17, 15) is 4.79 Å². The van der Waals surface area contributed by atoms with Crippen LogP contribution in [-0.2, 0) is 10.1 Å². The van der Waals surface area contributed by atoms with Crippen molar-refractivity contribution < 1.29 is 4.79 Å². The third kappa shape index (κ3) is 3.27. The summed E-state index contributed by atoms with van der Waals surface area (Å²) >= 11 is 3.47. The second-order valence-electron chi connectivity index (χ2n) is 6.12. The Bertz CT molecular complexity index is 691. The van der Waals surface area contributed by atoms with E-state index < -0.39 is 5.54 Å². The number of hydrogen-bond acceptors (Lipinski definition) is 3. The summed E-state index contributed by atoms with van der Waals surface area (Å²) in [5.41, 5.74) is 9.13. The van der Waals surface area contributed by atoms with Gasteiger partial charge in [-0.15, -0.1) is 0 Å². The second-order valence-corrected chi connectivity index (χ2v) is 6.68. The normalized spacial score (nSPS) is 16.9. The predicted octanol–water partition coefficient (Wildman–Crippen LogP) is 3.57. The molecule has 1 amide bonds. The highest BCUT2D eigenvalue weighted by molar-refractivity contribution is 9.08. The number of carbonyl (C=O) groups is 1. The number of nitrogens with one attached hydrogen (secondary N) is 2. The van der Waals surface area contributed by atoms with Crippen molar-refractivity contribution in [2.24, 2.45) is 5.73 Å². The fraction of sp³-hybridized carbons (Fsp3) is 0.412. The van der Waals surface area contributed by atoms with Gasteiger partial charge in [0.1, 0.15) is 5.54 Å². The van der Waals surface area contributed by atoms with Crippen LogP contribution < -0.4 is 11.1 Å². The van der Waals surface area contributed by atoms with Crippen LogP contribution in [0.15, 0.2) is 30.5 Å². The molecular formula is C17H21BrN4O. The van der Waals surface area contributed by atoms with Crippen LogP contribution in [-0.4, -0.2) is 21.6 Å². The van der Waals surface area contributed by atoms with Gasteiger partial charge in [-0.2, -0.15) is 5.10 Å². The number of benzene rings is 1. The first-order valence-corrected chi connectivity index (χ1v) is 9.03. The van der Waals surface area contributed by atoms with Gasteiger partial charge in [0, 0.05) is 22.1 Å². The average molecular weight is 377 g/mol. The van der Waals surface area contributed by atoms with Crippen LogP contribution in [0.25, 0.3) is 11.3 Å². The van der Waals surface area contributed by atoms with Gasteiger partial charge in [-0.25, -0.2) is 0 Å². The molecule has 0 saturated heterocycles. The van der Waals surface area contributed by atoms with Crippen molar-refractivity contribution in [2.45, 2.75) is 43.0 Å². The molecule has 0 bridgehead atoms. The fourth-order valence-electron chi connectivity index (χ4n) is 3.28. The number of alkyl halides is 1. The van der Waals surface area contributed by atoms with Gasteiger partial charge >= 0.3 is 0 Å². The molecule has 6 heteroatoms. The Morgan fingerprint density at radius 1 is 1.35 bits per heavy atom. The molecular weight excluding hydrogens is 356 g/mol. The minimum Gasteiger partial charge on any atom is -0.371 e. The zero-order valence-corrected chi connectivity index (χ0v) is 14.5. The van der Waals surface area contributed by atoms with Crippen molar-refractivity contribution in [3.63, 3.8) is 0 Å². The summed E-state index contributed by atoms with van der Waals surface area (Å²) in [5, 5.41) is 11.3. The lowest BCUT2D eigenvalue weighted by atomic mass is 9.81. The summed E-state index contributed by atoms with van der Waals surface area (Å²) in [6.07, 6.45) is 6.64. The number of hydrogen-bond donors (Lipinski definition) is 3. The number of aromatic nitrogens is 2. The van der Waals surface area contributed by atoms with E-state index in [2.05, 4.69) is 31.4 Å². The van der Waals surface area contributed by atoms with Gasteiger partial charge in [-0.1, -0.05) is 47.3 Å². The molecule has 122 valence electrons. The molecule has 0 atom stereocenters. The van der Waals surface area contributed by atoms with Gasteiger partial charge < -0.3 is 11.1 Å². The van der Waals surface area contributed by atoms with Gasteiger partial charge in [0.25, 0.3) is 0 Å². The highest BCUT2D eigenvalue weighted by Crippen LogP contribution is 2.33. The Hall–Kier alpha value is -1.82. The number of amides is 1. The number of H-pyrrole nitrogens is 1. The number of aromatic amines is 1. The Morgan fingerprint density at radius 3 is 2.83 bits per heavy atom. The van der Waals surface area contributed by atoms with Gasteiger partial charge in [0.15, 0.2) is 0 Å². The first kappa shape index (κ1) is 16.1. The molecule has 0 radical (unpaired) electrons. The number of nitrogens with zero attached hydrogens (tertiary/aromatic N) is 1. The highest BCUT2D eigenvalue weighted by atomic mass is 79.9. The monoisotopic (exact) mass is 376 g/mol. The molecule has 0 spiro atoms. The summed E-state index contributed by atoms with van der Waals surface area (Å²) < 4.78 is 0. The number of anilines is 1. The number of nitrogens with two attached hydrogens (primary N) is 1. The van der Waals surface area contributed by atoms with Crippen LogP contribution in [0.5, 0.6) is 0 Å². The molecule has 3 rings (SSSR count). The van der Waals surface area contributed by atoms with Crippen molar-refractivity contribution in [1.82, 2.24) is 10.2 Å². The molecule has 0 unspecified atom stereocenters. The van der Waals surface area contributed by atoms with Crippen LogP contribution in [0.4, 0.5) is 5.69 Å². The molecule has 1 aromatic heterocycles. The Morgan fingerprint density at radius 2 is 2.13 bits per heavy atom. The van der Waals surface area contributed by atoms with E-state index in [0.29, 0.717) is 0 Å². The van der Waals surface area contributed by atoms with Crippen LogP contribution in [0.2, 0.25) is 0 Å². The van der Waals surface area contributed by atoms with E-state index in [1.165, 1.54) is 6.42 Å². The molecule has 23 heavy (non-hydrogen) atoms. The van der Waals surface area contributed by atoms with Crippen LogP contribution in [0.1, 0.15) is 37.7 Å². The zero-order valence-electron chi connectivity index (χ0n) is 12.9. The van der Waals surface area contributed by atoms with Crippen molar-refractivity contribution in [2.75, 3.05) is 5.32 Å². The molecule has 1 aliphatic rings. The van der Waals surface area contributed by atoms with E-state index in [4.69, 9.17) is 5.73 Å². The van der Waals surface area contributed by atoms with Gasteiger partial charge in [-0.05, 0) is 25.0 Å². The summed E-state index contributed by atoms with van der Waals surface area (Å²) in [5.74, 6) is -0.259. The van der Waals surface area contributed by atoms with E-state index >= 15 is 0 Å². The first-order chi connectivity index (χ1) is 11.1. The fourth-order valence-corrected chi connectivity index (χ4v) is 3.70.